The molecule has 2 saturated heterocycles. The lowest BCUT2D eigenvalue weighted by Crippen LogP contribution is -2.49. The fraction of sp³-hybridized carbons (Fsp3) is 0.550. The summed E-state index contributed by atoms with van der Waals surface area (Å²) in [7, 11) is 0. The van der Waals surface area contributed by atoms with Gasteiger partial charge in [-0.1, -0.05) is 24.3 Å². The Kier molecular flexibility index (Phi) is 4.17. The quantitative estimate of drug-likeness (QED) is 0.779. The number of ether oxygens (including phenoxy) is 1. The molecule has 0 N–H and O–H groups in total. The molecule has 2 atom stereocenters. The number of carbonyl (C=O) groups excluding carboxylic acids is 1. The zero-order valence-corrected chi connectivity index (χ0v) is 13.9. The second kappa shape index (κ2) is 6.32. The van der Waals surface area contributed by atoms with Crippen molar-refractivity contribution in [3.63, 3.8) is 0 Å². The van der Waals surface area contributed by atoms with Crippen molar-refractivity contribution in [2.75, 3.05) is 26.3 Å². The monoisotopic (exact) mass is 329 g/mol. The van der Waals surface area contributed by atoms with Crippen molar-refractivity contribution in [2.24, 2.45) is 11.8 Å². The average Bonchev–Trinajstić information content (AvgIpc) is 3.06. The van der Waals surface area contributed by atoms with Crippen molar-refractivity contribution in [3.05, 3.63) is 47.8 Å². The van der Waals surface area contributed by atoms with E-state index in [9.17, 15) is 9.18 Å². The van der Waals surface area contributed by atoms with Crippen molar-refractivity contribution >= 4 is 5.91 Å². The first kappa shape index (κ1) is 15.8. The third kappa shape index (κ3) is 2.67. The molecule has 0 spiro atoms. The predicted molar refractivity (Wildman–Crippen MR) is 90.1 cm³/mol. The number of benzene rings is 1. The number of fused-ring (bicyclic) bond motifs is 1. The molecule has 0 bridgehead atoms. The molecule has 0 unspecified atom stereocenters. The summed E-state index contributed by atoms with van der Waals surface area (Å²) in [6, 6.07) is 6.49. The maximum atomic E-state index is 13.5. The van der Waals surface area contributed by atoms with Crippen LogP contribution in [0.2, 0.25) is 0 Å². The molecule has 2 heterocycles. The number of hydrogen-bond acceptors (Lipinski definition) is 2. The van der Waals surface area contributed by atoms with Gasteiger partial charge in [0, 0.05) is 26.3 Å². The summed E-state index contributed by atoms with van der Waals surface area (Å²) in [5.74, 6) is 1.16. The summed E-state index contributed by atoms with van der Waals surface area (Å²) < 4.78 is 18.9. The fourth-order valence-electron chi connectivity index (χ4n) is 4.60. The van der Waals surface area contributed by atoms with E-state index in [1.807, 2.05) is 0 Å². The molecular formula is C20H24FNO2. The molecule has 3 aliphatic rings. The van der Waals surface area contributed by atoms with E-state index in [-0.39, 0.29) is 11.7 Å². The molecular weight excluding hydrogens is 305 g/mol. The molecule has 2 fully saturated rings. The molecule has 1 aromatic carbocycles. The summed E-state index contributed by atoms with van der Waals surface area (Å²) >= 11 is 0. The second-order valence-electron chi connectivity index (χ2n) is 7.37. The van der Waals surface area contributed by atoms with Gasteiger partial charge in [0.05, 0.1) is 5.41 Å². The fourth-order valence-corrected chi connectivity index (χ4v) is 4.60. The predicted octanol–water partition coefficient (Wildman–Crippen LogP) is 3.30. The smallest absolute Gasteiger partial charge is 0.233 e. The first-order valence-electron chi connectivity index (χ1n) is 8.97. The SMILES string of the molecule is O=C(N1C[C@H]2CC=CC[C@@H]2C1)C1(c2ccc(F)cc2)CCOCC1. The maximum absolute atomic E-state index is 13.5. The molecule has 0 saturated carbocycles. The molecule has 1 aliphatic carbocycles. The van der Waals surface area contributed by atoms with Gasteiger partial charge in [0.15, 0.2) is 0 Å². The third-order valence-corrected chi connectivity index (χ3v) is 6.06. The Bertz CT molecular complexity index is 618. The maximum Gasteiger partial charge on any atom is 0.233 e. The van der Waals surface area contributed by atoms with E-state index in [0.717, 1.165) is 31.5 Å². The van der Waals surface area contributed by atoms with Gasteiger partial charge in [0.2, 0.25) is 5.91 Å². The second-order valence-corrected chi connectivity index (χ2v) is 7.37. The number of allylic oxidation sites excluding steroid dienone is 2. The van der Waals surface area contributed by atoms with Crippen LogP contribution in [-0.4, -0.2) is 37.1 Å². The van der Waals surface area contributed by atoms with Crippen LogP contribution < -0.4 is 0 Å². The van der Waals surface area contributed by atoms with Crippen molar-refractivity contribution in [1.29, 1.82) is 0 Å². The van der Waals surface area contributed by atoms with Crippen LogP contribution in [0.5, 0.6) is 0 Å². The summed E-state index contributed by atoms with van der Waals surface area (Å²) in [6.07, 6.45) is 8.03. The van der Waals surface area contributed by atoms with Gasteiger partial charge in [0.1, 0.15) is 5.82 Å². The highest BCUT2D eigenvalue weighted by Gasteiger charge is 2.47. The number of nitrogens with zero attached hydrogens (tertiary/aromatic N) is 1. The summed E-state index contributed by atoms with van der Waals surface area (Å²) in [5, 5.41) is 0. The number of hydrogen-bond donors (Lipinski definition) is 0. The number of likely N-dealkylation sites (tertiary alicyclic amines) is 1. The summed E-state index contributed by atoms with van der Waals surface area (Å²) in [4.78, 5) is 15.6. The standard InChI is InChI=1S/C20H24FNO2/c21-18-7-5-17(6-8-18)20(9-11-24-12-10-20)19(23)22-13-15-3-1-2-4-16(15)14-22/h1-2,5-8,15-16H,3-4,9-14H2/t15-,16-/m1/s1. The van der Waals surface area contributed by atoms with E-state index in [1.54, 1.807) is 12.1 Å². The minimum atomic E-state index is -0.549. The van der Waals surface area contributed by atoms with Gasteiger partial charge in [-0.05, 0) is 55.2 Å². The Morgan fingerprint density at radius 3 is 2.21 bits per heavy atom. The van der Waals surface area contributed by atoms with E-state index >= 15 is 0 Å². The van der Waals surface area contributed by atoms with Crippen molar-refractivity contribution < 1.29 is 13.9 Å². The van der Waals surface area contributed by atoms with Crippen molar-refractivity contribution in [2.45, 2.75) is 31.1 Å². The Morgan fingerprint density at radius 2 is 1.62 bits per heavy atom. The Hall–Kier alpha value is -1.68. The molecule has 1 aromatic rings. The lowest BCUT2D eigenvalue weighted by atomic mass is 9.73. The number of amides is 1. The van der Waals surface area contributed by atoms with Crippen LogP contribution in [0.3, 0.4) is 0 Å². The molecule has 0 aromatic heterocycles. The van der Waals surface area contributed by atoms with Gasteiger partial charge < -0.3 is 9.64 Å². The average molecular weight is 329 g/mol. The van der Waals surface area contributed by atoms with Crippen molar-refractivity contribution in [1.82, 2.24) is 4.90 Å². The minimum Gasteiger partial charge on any atom is -0.381 e. The number of rotatable bonds is 2. The van der Waals surface area contributed by atoms with Gasteiger partial charge in [0.25, 0.3) is 0 Å². The first-order chi connectivity index (χ1) is 11.7. The highest BCUT2D eigenvalue weighted by Crippen LogP contribution is 2.40. The normalized spacial score (nSPS) is 28.6. The zero-order chi connectivity index (χ0) is 16.6. The van der Waals surface area contributed by atoms with Gasteiger partial charge in [-0.25, -0.2) is 4.39 Å². The Labute approximate surface area is 142 Å². The van der Waals surface area contributed by atoms with E-state index in [0.29, 0.717) is 37.9 Å². The molecule has 1 amide bonds. The van der Waals surface area contributed by atoms with Gasteiger partial charge in [-0.2, -0.15) is 0 Å². The topological polar surface area (TPSA) is 29.5 Å². The van der Waals surface area contributed by atoms with E-state index in [2.05, 4.69) is 17.1 Å². The molecule has 24 heavy (non-hydrogen) atoms. The van der Waals surface area contributed by atoms with E-state index in [4.69, 9.17) is 4.74 Å². The lowest BCUT2D eigenvalue weighted by molar-refractivity contribution is -0.140. The van der Waals surface area contributed by atoms with Crippen LogP contribution in [0.4, 0.5) is 4.39 Å². The van der Waals surface area contributed by atoms with Crippen LogP contribution >= 0.6 is 0 Å². The molecule has 4 heteroatoms. The largest absolute Gasteiger partial charge is 0.381 e. The molecule has 0 radical (unpaired) electrons. The third-order valence-electron chi connectivity index (χ3n) is 6.06. The van der Waals surface area contributed by atoms with E-state index in [1.165, 1.54) is 12.1 Å². The highest BCUT2D eigenvalue weighted by atomic mass is 19.1. The zero-order valence-electron chi connectivity index (χ0n) is 13.9. The summed E-state index contributed by atoms with van der Waals surface area (Å²) in [5.41, 5.74) is 0.387. The van der Waals surface area contributed by atoms with Crippen molar-refractivity contribution in [3.8, 4) is 0 Å². The van der Waals surface area contributed by atoms with Crippen LogP contribution in [0.1, 0.15) is 31.2 Å². The molecule has 3 nitrogen and oxygen atoms in total. The molecule has 2 aliphatic heterocycles. The lowest BCUT2D eigenvalue weighted by Gasteiger charge is -2.39. The van der Waals surface area contributed by atoms with Gasteiger partial charge >= 0.3 is 0 Å². The first-order valence-corrected chi connectivity index (χ1v) is 8.97. The number of halogens is 1. The Balaban J connectivity index is 1.62. The number of carbonyl (C=O) groups is 1. The van der Waals surface area contributed by atoms with Gasteiger partial charge in [-0.3, -0.25) is 4.79 Å². The van der Waals surface area contributed by atoms with Crippen LogP contribution in [0.25, 0.3) is 0 Å². The van der Waals surface area contributed by atoms with Crippen LogP contribution in [-0.2, 0) is 14.9 Å². The van der Waals surface area contributed by atoms with Gasteiger partial charge in [-0.15, -0.1) is 0 Å². The highest BCUT2D eigenvalue weighted by molar-refractivity contribution is 5.88. The van der Waals surface area contributed by atoms with Crippen LogP contribution in [0, 0.1) is 17.7 Å². The van der Waals surface area contributed by atoms with E-state index < -0.39 is 5.41 Å². The summed E-state index contributed by atoms with van der Waals surface area (Å²) in [6.45, 7) is 2.89. The Morgan fingerprint density at radius 1 is 1.04 bits per heavy atom. The molecule has 4 rings (SSSR count). The minimum absolute atomic E-state index is 0.215. The molecule has 128 valence electrons. The van der Waals surface area contributed by atoms with Crippen LogP contribution in [0.15, 0.2) is 36.4 Å².